The average molecular weight is 290 g/mol. The van der Waals surface area contributed by atoms with Crippen molar-refractivity contribution in [3.8, 4) is 0 Å². The zero-order valence-corrected chi connectivity index (χ0v) is 12.0. The number of piperidine rings is 1. The van der Waals surface area contributed by atoms with Crippen LogP contribution in [0.3, 0.4) is 0 Å². The van der Waals surface area contributed by atoms with Gasteiger partial charge in [-0.15, -0.1) is 0 Å². The van der Waals surface area contributed by atoms with Crippen LogP contribution in [0.4, 0.5) is 0 Å². The molecule has 0 bridgehead atoms. The smallest absolute Gasteiger partial charge is 0.228 e. The fraction of sp³-hybridized carbons (Fsp3) is 0.600. The number of nitrogens with zero attached hydrogens (tertiary/aromatic N) is 2. The Kier molecular flexibility index (Phi) is 4.48. The van der Waals surface area contributed by atoms with Crippen LogP contribution >= 0.6 is 0 Å². The minimum Gasteiger partial charge on any atom is -0.387 e. The van der Waals surface area contributed by atoms with Crippen molar-refractivity contribution in [1.82, 2.24) is 20.7 Å². The first kappa shape index (κ1) is 14.4. The standard InChI is InChI=1S/C15H22N4O2/c20-14(13-3-1-2-6-16-13)11-4-7-19(8-5-11)15(21)12-9-17-18-10-12/h1-3,6,11-12,14,17-18,20H,4-5,7-10H2. The molecule has 0 saturated carbocycles. The summed E-state index contributed by atoms with van der Waals surface area (Å²) in [4.78, 5) is 18.5. The van der Waals surface area contributed by atoms with E-state index in [0.29, 0.717) is 13.1 Å². The second kappa shape index (κ2) is 6.51. The highest BCUT2D eigenvalue weighted by Crippen LogP contribution is 2.30. The van der Waals surface area contributed by atoms with Crippen molar-refractivity contribution in [2.24, 2.45) is 11.8 Å². The first-order valence-corrected chi connectivity index (χ1v) is 7.59. The lowest BCUT2D eigenvalue weighted by molar-refractivity contribution is -0.136. The molecule has 1 amide bonds. The predicted octanol–water partition coefficient (Wildman–Crippen LogP) is 0.0776. The lowest BCUT2D eigenvalue weighted by atomic mass is 9.89. The number of likely N-dealkylation sites (tertiary alicyclic amines) is 1. The molecular formula is C15H22N4O2. The monoisotopic (exact) mass is 290 g/mol. The third kappa shape index (κ3) is 3.23. The van der Waals surface area contributed by atoms with Gasteiger partial charge in [0.05, 0.1) is 17.7 Å². The number of aliphatic hydroxyl groups excluding tert-OH is 1. The second-order valence-electron chi connectivity index (χ2n) is 5.82. The maximum Gasteiger partial charge on any atom is 0.228 e. The number of hydrogen-bond acceptors (Lipinski definition) is 5. The zero-order chi connectivity index (χ0) is 14.7. The summed E-state index contributed by atoms with van der Waals surface area (Å²) in [6.45, 7) is 2.86. The summed E-state index contributed by atoms with van der Waals surface area (Å²) in [6, 6.07) is 5.60. The molecule has 1 aromatic rings. The Morgan fingerprint density at radius 3 is 2.62 bits per heavy atom. The first-order chi connectivity index (χ1) is 10.3. The highest BCUT2D eigenvalue weighted by Gasteiger charge is 2.32. The van der Waals surface area contributed by atoms with E-state index in [-0.39, 0.29) is 17.7 Å². The molecule has 2 aliphatic heterocycles. The summed E-state index contributed by atoms with van der Waals surface area (Å²) in [5, 5.41) is 10.4. The summed E-state index contributed by atoms with van der Waals surface area (Å²) < 4.78 is 0. The number of nitrogens with one attached hydrogen (secondary N) is 2. The van der Waals surface area contributed by atoms with E-state index in [9.17, 15) is 9.90 Å². The number of hydrazine groups is 1. The van der Waals surface area contributed by atoms with Gasteiger partial charge in [0.25, 0.3) is 0 Å². The number of pyridine rings is 1. The molecule has 0 aromatic carbocycles. The van der Waals surface area contributed by atoms with Gasteiger partial charge in [0.1, 0.15) is 0 Å². The number of carbonyl (C=O) groups excluding carboxylic acids is 1. The van der Waals surface area contributed by atoms with Crippen LogP contribution in [0.25, 0.3) is 0 Å². The van der Waals surface area contributed by atoms with E-state index in [1.54, 1.807) is 6.20 Å². The van der Waals surface area contributed by atoms with Gasteiger partial charge in [0.15, 0.2) is 0 Å². The van der Waals surface area contributed by atoms with E-state index in [1.165, 1.54) is 0 Å². The molecule has 1 unspecified atom stereocenters. The van der Waals surface area contributed by atoms with Crippen molar-refractivity contribution in [3.63, 3.8) is 0 Å². The topological polar surface area (TPSA) is 77.5 Å². The van der Waals surface area contributed by atoms with Crippen molar-refractivity contribution in [2.45, 2.75) is 18.9 Å². The van der Waals surface area contributed by atoms with Crippen LogP contribution in [-0.2, 0) is 4.79 Å². The highest BCUT2D eigenvalue weighted by atomic mass is 16.3. The molecule has 114 valence electrons. The highest BCUT2D eigenvalue weighted by molar-refractivity contribution is 5.79. The van der Waals surface area contributed by atoms with E-state index in [2.05, 4.69) is 15.8 Å². The maximum atomic E-state index is 12.3. The van der Waals surface area contributed by atoms with Crippen molar-refractivity contribution in [2.75, 3.05) is 26.2 Å². The Bertz CT molecular complexity index is 468. The molecule has 1 aromatic heterocycles. The lowest BCUT2D eigenvalue weighted by Gasteiger charge is -2.35. The molecule has 0 aliphatic carbocycles. The Morgan fingerprint density at radius 1 is 1.29 bits per heavy atom. The fourth-order valence-electron chi connectivity index (χ4n) is 3.12. The van der Waals surface area contributed by atoms with E-state index < -0.39 is 6.10 Å². The van der Waals surface area contributed by atoms with Crippen LogP contribution in [0.15, 0.2) is 24.4 Å². The lowest BCUT2D eigenvalue weighted by Crippen LogP contribution is -2.44. The van der Waals surface area contributed by atoms with E-state index >= 15 is 0 Å². The summed E-state index contributed by atoms with van der Waals surface area (Å²) in [5.74, 6) is 0.448. The molecule has 2 fully saturated rings. The molecule has 6 heteroatoms. The molecule has 2 aliphatic rings. The van der Waals surface area contributed by atoms with Gasteiger partial charge in [-0.3, -0.25) is 20.6 Å². The van der Waals surface area contributed by atoms with Gasteiger partial charge < -0.3 is 10.0 Å². The third-order valence-corrected chi connectivity index (χ3v) is 4.46. The van der Waals surface area contributed by atoms with Crippen molar-refractivity contribution >= 4 is 5.91 Å². The molecule has 3 heterocycles. The van der Waals surface area contributed by atoms with Gasteiger partial charge in [-0.25, -0.2) is 0 Å². The number of hydrogen-bond donors (Lipinski definition) is 3. The number of aliphatic hydroxyl groups is 1. The molecule has 21 heavy (non-hydrogen) atoms. The third-order valence-electron chi connectivity index (χ3n) is 4.46. The van der Waals surface area contributed by atoms with Crippen LogP contribution < -0.4 is 10.9 Å². The number of carbonyl (C=O) groups is 1. The molecule has 6 nitrogen and oxygen atoms in total. The van der Waals surface area contributed by atoms with Crippen LogP contribution in [0.1, 0.15) is 24.6 Å². The van der Waals surface area contributed by atoms with Crippen molar-refractivity contribution in [1.29, 1.82) is 0 Å². The van der Waals surface area contributed by atoms with Gasteiger partial charge in [-0.2, -0.15) is 0 Å². The molecule has 1 atom stereocenters. The minimum atomic E-state index is -0.529. The number of amides is 1. The fourth-order valence-corrected chi connectivity index (χ4v) is 3.12. The summed E-state index contributed by atoms with van der Waals surface area (Å²) >= 11 is 0. The maximum absolute atomic E-state index is 12.3. The summed E-state index contributed by atoms with van der Waals surface area (Å²) in [5.41, 5.74) is 6.72. The molecular weight excluding hydrogens is 268 g/mol. The summed E-state index contributed by atoms with van der Waals surface area (Å²) in [7, 11) is 0. The average Bonchev–Trinajstić information content (AvgIpc) is 3.09. The van der Waals surface area contributed by atoms with Gasteiger partial charge >= 0.3 is 0 Å². The first-order valence-electron chi connectivity index (χ1n) is 7.59. The number of aromatic nitrogens is 1. The van der Waals surface area contributed by atoms with Gasteiger partial charge in [-0.1, -0.05) is 6.07 Å². The normalized spacial score (nSPS) is 22.4. The Labute approximate surface area is 124 Å². The molecule has 3 rings (SSSR count). The Hall–Kier alpha value is -1.50. The SMILES string of the molecule is O=C(C1CNNC1)N1CCC(C(O)c2ccccn2)CC1. The zero-order valence-electron chi connectivity index (χ0n) is 12.0. The summed E-state index contributed by atoms with van der Waals surface area (Å²) in [6.07, 6.45) is 2.84. The number of rotatable bonds is 3. The van der Waals surface area contributed by atoms with Crippen LogP contribution in [0.2, 0.25) is 0 Å². The van der Waals surface area contributed by atoms with E-state index in [4.69, 9.17) is 0 Å². The second-order valence-corrected chi connectivity index (χ2v) is 5.82. The Morgan fingerprint density at radius 2 is 2.00 bits per heavy atom. The molecule has 0 spiro atoms. The predicted molar refractivity (Wildman–Crippen MR) is 78.0 cm³/mol. The Balaban J connectivity index is 1.54. The van der Waals surface area contributed by atoms with Gasteiger partial charge in [-0.05, 0) is 30.9 Å². The van der Waals surface area contributed by atoms with E-state index in [1.807, 2.05) is 23.1 Å². The van der Waals surface area contributed by atoms with E-state index in [0.717, 1.165) is 31.6 Å². The van der Waals surface area contributed by atoms with Gasteiger partial charge in [0, 0.05) is 32.4 Å². The van der Waals surface area contributed by atoms with Gasteiger partial charge in [0.2, 0.25) is 5.91 Å². The van der Waals surface area contributed by atoms with Crippen LogP contribution in [0, 0.1) is 11.8 Å². The molecule has 3 N–H and O–H groups in total. The van der Waals surface area contributed by atoms with Crippen molar-refractivity contribution in [3.05, 3.63) is 30.1 Å². The molecule has 2 saturated heterocycles. The molecule has 0 radical (unpaired) electrons. The van der Waals surface area contributed by atoms with Crippen LogP contribution in [-0.4, -0.2) is 47.1 Å². The largest absolute Gasteiger partial charge is 0.387 e. The quantitative estimate of drug-likeness (QED) is 0.735. The van der Waals surface area contributed by atoms with Crippen LogP contribution in [0.5, 0.6) is 0 Å². The van der Waals surface area contributed by atoms with Crippen molar-refractivity contribution < 1.29 is 9.90 Å². The minimum absolute atomic E-state index is 0.0438.